The number of rotatable bonds is 2. The van der Waals surface area contributed by atoms with Crippen molar-refractivity contribution in [1.29, 1.82) is 0 Å². The number of hydrogen-bond acceptors (Lipinski definition) is 2. The maximum atomic E-state index is 5.09. The Morgan fingerprint density at radius 3 is 3.00 bits per heavy atom. The molecule has 2 aromatic rings. The fourth-order valence-corrected chi connectivity index (χ4v) is 1.50. The highest BCUT2D eigenvalue weighted by Crippen LogP contribution is 2.17. The minimum atomic E-state index is 0.681. The third-order valence-corrected chi connectivity index (χ3v) is 2.06. The van der Waals surface area contributed by atoms with E-state index in [4.69, 9.17) is 4.52 Å². The van der Waals surface area contributed by atoms with Crippen LogP contribution in [-0.4, -0.2) is 5.16 Å². The van der Waals surface area contributed by atoms with Crippen molar-refractivity contribution in [2.45, 2.75) is 20.3 Å². The SMILES string of the molecule is CC(C)Cc1ccc2cnoc2c1. The van der Waals surface area contributed by atoms with Crippen LogP contribution in [0.5, 0.6) is 0 Å². The lowest BCUT2D eigenvalue weighted by Crippen LogP contribution is -1.92. The molecule has 1 aromatic carbocycles. The van der Waals surface area contributed by atoms with E-state index in [2.05, 4.69) is 37.2 Å². The Morgan fingerprint density at radius 1 is 1.38 bits per heavy atom. The average molecular weight is 175 g/mol. The maximum absolute atomic E-state index is 5.09. The Kier molecular flexibility index (Phi) is 2.05. The van der Waals surface area contributed by atoms with Crippen molar-refractivity contribution in [3.63, 3.8) is 0 Å². The smallest absolute Gasteiger partial charge is 0.167 e. The number of fused-ring (bicyclic) bond motifs is 1. The van der Waals surface area contributed by atoms with Crippen LogP contribution in [0.4, 0.5) is 0 Å². The molecule has 0 radical (unpaired) electrons. The molecule has 0 amide bonds. The van der Waals surface area contributed by atoms with Crippen molar-refractivity contribution in [3.05, 3.63) is 30.0 Å². The zero-order chi connectivity index (χ0) is 9.26. The summed E-state index contributed by atoms with van der Waals surface area (Å²) in [7, 11) is 0. The first-order chi connectivity index (χ1) is 6.25. The second-order valence-corrected chi connectivity index (χ2v) is 3.80. The molecule has 1 aromatic heterocycles. The highest BCUT2D eigenvalue weighted by atomic mass is 16.5. The van der Waals surface area contributed by atoms with Gasteiger partial charge in [-0.1, -0.05) is 25.1 Å². The summed E-state index contributed by atoms with van der Waals surface area (Å²) in [6.45, 7) is 4.43. The van der Waals surface area contributed by atoms with E-state index in [0.29, 0.717) is 5.92 Å². The van der Waals surface area contributed by atoms with E-state index < -0.39 is 0 Å². The van der Waals surface area contributed by atoms with Gasteiger partial charge >= 0.3 is 0 Å². The Balaban J connectivity index is 2.37. The maximum Gasteiger partial charge on any atom is 0.167 e. The van der Waals surface area contributed by atoms with Crippen LogP contribution in [0.2, 0.25) is 0 Å². The summed E-state index contributed by atoms with van der Waals surface area (Å²) in [6, 6.07) is 6.27. The number of aromatic nitrogens is 1. The molecule has 0 aliphatic heterocycles. The van der Waals surface area contributed by atoms with Crippen molar-refractivity contribution in [2.75, 3.05) is 0 Å². The normalized spacial score (nSPS) is 11.3. The third kappa shape index (κ3) is 1.72. The molecular formula is C11H13NO. The molecule has 0 atom stereocenters. The first-order valence-electron chi connectivity index (χ1n) is 4.59. The van der Waals surface area contributed by atoms with E-state index in [1.807, 2.05) is 0 Å². The molecule has 0 saturated carbocycles. The summed E-state index contributed by atoms with van der Waals surface area (Å²) in [5.41, 5.74) is 2.21. The minimum absolute atomic E-state index is 0.681. The van der Waals surface area contributed by atoms with Crippen LogP contribution in [0.25, 0.3) is 11.0 Å². The largest absolute Gasteiger partial charge is 0.356 e. The molecule has 2 heteroatoms. The fraction of sp³-hybridized carbons (Fsp3) is 0.364. The molecule has 13 heavy (non-hydrogen) atoms. The zero-order valence-electron chi connectivity index (χ0n) is 7.95. The number of benzene rings is 1. The van der Waals surface area contributed by atoms with E-state index in [9.17, 15) is 0 Å². The molecule has 2 nitrogen and oxygen atoms in total. The predicted octanol–water partition coefficient (Wildman–Crippen LogP) is 3.03. The standard InChI is InChI=1S/C11H13NO/c1-8(2)5-9-3-4-10-7-12-13-11(10)6-9/h3-4,6-8H,5H2,1-2H3. The van der Waals surface area contributed by atoms with E-state index in [0.717, 1.165) is 17.4 Å². The van der Waals surface area contributed by atoms with Gasteiger partial charge in [0.1, 0.15) is 0 Å². The molecule has 0 N–H and O–H groups in total. The molecule has 68 valence electrons. The molecule has 1 heterocycles. The van der Waals surface area contributed by atoms with Crippen molar-refractivity contribution < 1.29 is 4.52 Å². The summed E-state index contributed by atoms with van der Waals surface area (Å²) in [6.07, 6.45) is 2.84. The number of hydrogen-bond donors (Lipinski definition) is 0. The van der Waals surface area contributed by atoms with Crippen LogP contribution in [0.1, 0.15) is 19.4 Å². The molecule has 2 rings (SSSR count). The van der Waals surface area contributed by atoms with Crippen LogP contribution in [0, 0.1) is 5.92 Å². The first kappa shape index (κ1) is 8.30. The Morgan fingerprint density at radius 2 is 2.23 bits per heavy atom. The van der Waals surface area contributed by atoms with Crippen LogP contribution in [-0.2, 0) is 6.42 Å². The third-order valence-electron chi connectivity index (χ3n) is 2.06. The highest BCUT2D eigenvalue weighted by Gasteiger charge is 2.01. The second-order valence-electron chi connectivity index (χ2n) is 3.80. The lowest BCUT2D eigenvalue weighted by atomic mass is 10.0. The molecule has 0 unspecified atom stereocenters. The van der Waals surface area contributed by atoms with Gasteiger partial charge in [-0.2, -0.15) is 0 Å². The molecule has 0 bridgehead atoms. The molecule has 0 aliphatic carbocycles. The fourth-order valence-electron chi connectivity index (χ4n) is 1.50. The quantitative estimate of drug-likeness (QED) is 0.701. The Labute approximate surface area is 77.5 Å². The lowest BCUT2D eigenvalue weighted by Gasteiger charge is -2.03. The van der Waals surface area contributed by atoms with Gasteiger partial charge in [-0.15, -0.1) is 0 Å². The van der Waals surface area contributed by atoms with Crippen LogP contribution in [0.15, 0.2) is 28.9 Å². The summed E-state index contributed by atoms with van der Waals surface area (Å²) in [5, 5.41) is 4.82. The van der Waals surface area contributed by atoms with Gasteiger partial charge in [0, 0.05) is 5.39 Å². The summed E-state index contributed by atoms with van der Waals surface area (Å²) in [4.78, 5) is 0. The Bertz CT molecular complexity index is 403. The highest BCUT2D eigenvalue weighted by molar-refractivity contribution is 5.76. The van der Waals surface area contributed by atoms with Gasteiger partial charge in [0.15, 0.2) is 5.58 Å². The van der Waals surface area contributed by atoms with E-state index >= 15 is 0 Å². The van der Waals surface area contributed by atoms with Gasteiger partial charge in [0.2, 0.25) is 0 Å². The van der Waals surface area contributed by atoms with Gasteiger partial charge in [-0.05, 0) is 30.0 Å². The zero-order valence-corrected chi connectivity index (χ0v) is 7.95. The molecule has 0 saturated heterocycles. The summed E-state index contributed by atoms with van der Waals surface area (Å²) >= 11 is 0. The Hall–Kier alpha value is -1.31. The van der Waals surface area contributed by atoms with Crippen molar-refractivity contribution in [2.24, 2.45) is 5.92 Å². The molecule has 0 spiro atoms. The predicted molar refractivity (Wildman–Crippen MR) is 52.6 cm³/mol. The van der Waals surface area contributed by atoms with Gasteiger partial charge < -0.3 is 4.52 Å². The lowest BCUT2D eigenvalue weighted by molar-refractivity contribution is 0.456. The molecular weight excluding hydrogens is 162 g/mol. The molecule has 0 aliphatic rings. The van der Waals surface area contributed by atoms with Crippen LogP contribution in [0.3, 0.4) is 0 Å². The van der Waals surface area contributed by atoms with E-state index in [1.165, 1.54) is 5.56 Å². The molecule has 0 fully saturated rings. The van der Waals surface area contributed by atoms with Gasteiger partial charge in [0.05, 0.1) is 6.20 Å². The van der Waals surface area contributed by atoms with Gasteiger partial charge in [-0.25, -0.2) is 0 Å². The van der Waals surface area contributed by atoms with Gasteiger partial charge in [-0.3, -0.25) is 0 Å². The van der Waals surface area contributed by atoms with Gasteiger partial charge in [0.25, 0.3) is 0 Å². The van der Waals surface area contributed by atoms with Crippen LogP contribution >= 0.6 is 0 Å². The second kappa shape index (κ2) is 3.21. The summed E-state index contributed by atoms with van der Waals surface area (Å²) in [5.74, 6) is 0.681. The minimum Gasteiger partial charge on any atom is -0.356 e. The average Bonchev–Trinajstić information content (AvgIpc) is 2.49. The van der Waals surface area contributed by atoms with Crippen molar-refractivity contribution >= 4 is 11.0 Å². The topological polar surface area (TPSA) is 26.0 Å². The van der Waals surface area contributed by atoms with E-state index in [-0.39, 0.29) is 0 Å². The van der Waals surface area contributed by atoms with E-state index in [1.54, 1.807) is 6.20 Å². The van der Waals surface area contributed by atoms with Crippen molar-refractivity contribution in [3.8, 4) is 0 Å². The first-order valence-corrected chi connectivity index (χ1v) is 4.59. The van der Waals surface area contributed by atoms with Crippen molar-refractivity contribution in [1.82, 2.24) is 5.16 Å². The number of nitrogens with zero attached hydrogens (tertiary/aromatic N) is 1. The monoisotopic (exact) mass is 175 g/mol. The van der Waals surface area contributed by atoms with Crippen LogP contribution < -0.4 is 0 Å². The summed E-state index contributed by atoms with van der Waals surface area (Å²) < 4.78 is 5.09.